The van der Waals surface area contributed by atoms with Gasteiger partial charge in [0.1, 0.15) is 0 Å². The summed E-state index contributed by atoms with van der Waals surface area (Å²) < 4.78 is 0. The van der Waals surface area contributed by atoms with E-state index in [1.54, 1.807) is 0 Å². The molecule has 1 aromatic heterocycles. The van der Waals surface area contributed by atoms with Gasteiger partial charge in [0.15, 0.2) is 0 Å². The van der Waals surface area contributed by atoms with Gasteiger partial charge in [-0.3, -0.25) is 0 Å². The Hall–Kier alpha value is -2.10. The Bertz CT molecular complexity index is 553. The molecule has 110 valence electrons. The molecule has 0 amide bonds. The predicted octanol–water partition coefficient (Wildman–Crippen LogP) is 2.98. The van der Waals surface area contributed by atoms with Gasteiger partial charge in [0.25, 0.3) is 0 Å². The van der Waals surface area contributed by atoms with Crippen LogP contribution >= 0.6 is 0 Å². The molecule has 2 aromatic rings. The van der Waals surface area contributed by atoms with E-state index in [-0.39, 0.29) is 0 Å². The fourth-order valence-electron chi connectivity index (χ4n) is 2.74. The van der Waals surface area contributed by atoms with E-state index in [1.165, 1.54) is 17.7 Å². The van der Waals surface area contributed by atoms with E-state index >= 15 is 0 Å². The molecule has 0 radical (unpaired) electrons. The Labute approximate surface area is 126 Å². The molecule has 0 saturated carbocycles. The van der Waals surface area contributed by atoms with Gasteiger partial charge in [-0.25, -0.2) is 9.97 Å². The summed E-state index contributed by atoms with van der Waals surface area (Å²) in [5, 5.41) is 3.36. The summed E-state index contributed by atoms with van der Waals surface area (Å²) in [4.78, 5) is 11.2. The van der Waals surface area contributed by atoms with Crippen molar-refractivity contribution in [2.75, 3.05) is 29.9 Å². The number of nitrogens with one attached hydrogen (secondary N) is 1. The van der Waals surface area contributed by atoms with Crippen LogP contribution in [0.15, 0.2) is 42.7 Å². The van der Waals surface area contributed by atoms with E-state index in [1.807, 2.05) is 12.4 Å². The van der Waals surface area contributed by atoms with Gasteiger partial charge in [-0.05, 0) is 36.5 Å². The lowest BCUT2D eigenvalue weighted by atomic mass is 10.1. The van der Waals surface area contributed by atoms with Crippen molar-refractivity contribution < 1.29 is 0 Å². The lowest BCUT2D eigenvalue weighted by molar-refractivity contribution is 0.619. The third-order valence-corrected chi connectivity index (χ3v) is 4.07. The second kappa shape index (κ2) is 6.57. The van der Waals surface area contributed by atoms with Crippen LogP contribution in [-0.4, -0.2) is 29.6 Å². The van der Waals surface area contributed by atoms with Crippen molar-refractivity contribution in [3.8, 4) is 0 Å². The van der Waals surface area contributed by atoms with Crippen molar-refractivity contribution in [3.63, 3.8) is 0 Å². The van der Waals surface area contributed by atoms with Crippen molar-refractivity contribution in [1.29, 1.82) is 0 Å². The molecule has 1 atom stereocenters. The van der Waals surface area contributed by atoms with Crippen molar-refractivity contribution >= 4 is 11.6 Å². The first-order valence-electron chi connectivity index (χ1n) is 7.70. The van der Waals surface area contributed by atoms with E-state index in [0.29, 0.717) is 5.92 Å². The average molecular weight is 282 g/mol. The molecule has 21 heavy (non-hydrogen) atoms. The highest BCUT2D eigenvalue weighted by Crippen LogP contribution is 2.23. The SMILES string of the molecule is CCc1cnc(NC[C@H]2CCN(c3ccccc3)C2)nc1. The molecular weight excluding hydrogens is 260 g/mol. The summed E-state index contributed by atoms with van der Waals surface area (Å²) in [5.41, 5.74) is 2.50. The highest BCUT2D eigenvalue weighted by molar-refractivity contribution is 5.47. The van der Waals surface area contributed by atoms with Crippen LogP contribution in [0.4, 0.5) is 11.6 Å². The van der Waals surface area contributed by atoms with Gasteiger partial charge >= 0.3 is 0 Å². The standard InChI is InChI=1S/C17H22N4/c1-2-14-10-18-17(19-11-14)20-12-15-8-9-21(13-15)16-6-4-3-5-7-16/h3-7,10-11,15H,2,8-9,12-13H2,1H3,(H,18,19,20)/t15-/m1/s1. The topological polar surface area (TPSA) is 41.1 Å². The fraction of sp³-hybridized carbons (Fsp3) is 0.412. The molecule has 1 aliphatic rings. The first-order chi connectivity index (χ1) is 10.3. The Morgan fingerprint density at radius 3 is 2.67 bits per heavy atom. The quantitative estimate of drug-likeness (QED) is 0.915. The average Bonchev–Trinajstić information content (AvgIpc) is 3.03. The molecule has 0 bridgehead atoms. The van der Waals surface area contributed by atoms with Crippen molar-refractivity contribution in [3.05, 3.63) is 48.3 Å². The first kappa shape index (κ1) is 13.9. The van der Waals surface area contributed by atoms with E-state index in [2.05, 4.69) is 57.4 Å². The summed E-state index contributed by atoms with van der Waals surface area (Å²) in [6.45, 7) is 5.29. The van der Waals surface area contributed by atoms with E-state index in [9.17, 15) is 0 Å². The zero-order valence-electron chi connectivity index (χ0n) is 12.5. The molecule has 1 N–H and O–H groups in total. The van der Waals surface area contributed by atoms with Gasteiger partial charge in [-0.15, -0.1) is 0 Å². The lowest BCUT2D eigenvalue weighted by Crippen LogP contribution is -2.22. The predicted molar refractivity (Wildman–Crippen MR) is 86.7 cm³/mol. The minimum absolute atomic E-state index is 0.652. The number of nitrogens with zero attached hydrogens (tertiary/aromatic N) is 3. The van der Waals surface area contributed by atoms with E-state index < -0.39 is 0 Å². The molecule has 1 saturated heterocycles. The second-order valence-corrected chi connectivity index (χ2v) is 5.59. The Balaban J connectivity index is 1.50. The number of aromatic nitrogens is 2. The van der Waals surface area contributed by atoms with Crippen LogP contribution in [0.25, 0.3) is 0 Å². The minimum atomic E-state index is 0.652. The highest BCUT2D eigenvalue weighted by atomic mass is 15.2. The normalized spacial score (nSPS) is 18.0. The van der Waals surface area contributed by atoms with Crippen LogP contribution < -0.4 is 10.2 Å². The zero-order chi connectivity index (χ0) is 14.5. The Kier molecular flexibility index (Phi) is 4.34. The summed E-state index contributed by atoms with van der Waals surface area (Å²) in [5.74, 6) is 1.39. The molecule has 3 rings (SSSR count). The Morgan fingerprint density at radius 1 is 1.19 bits per heavy atom. The van der Waals surface area contributed by atoms with Crippen molar-refractivity contribution in [1.82, 2.24) is 9.97 Å². The summed E-state index contributed by atoms with van der Waals surface area (Å²) >= 11 is 0. The molecule has 2 heterocycles. The Morgan fingerprint density at radius 2 is 1.95 bits per heavy atom. The molecule has 0 aliphatic carbocycles. The number of hydrogen-bond donors (Lipinski definition) is 1. The second-order valence-electron chi connectivity index (χ2n) is 5.59. The lowest BCUT2D eigenvalue weighted by Gasteiger charge is -2.18. The summed E-state index contributed by atoms with van der Waals surface area (Å²) in [6, 6.07) is 10.6. The molecule has 1 aliphatic heterocycles. The van der Waals surface area contributed by atoms with Crippen LogP contribution in [0.2, 0.25) is 0 Å². The van der Waals surface area contributed by atoms with Crippen LogP contribution in [0, 0.1) is 5.92 Å². The maximum absolute atomic E-state index is 4.35. The van der Waals surface area contributed by atoms with Gasteiger partial charge in [-0.2, -0.15) is 0 Å². The van der Waals surface area contributed by atoms with Gasteiger partial charge in [-0.1, -0.05) is 25.1 Å². The summed E-state index contributed by atoms with van der Waals surface area (Å²) in [7, 11) is 0. The largest absolute Gasteiger partial charge is 0.371 e. The maximum atomic E-state index is 4.35. The van der Waals surface area contributed by atoms with Gasteiger partial charge in [0, 0.05) is 37.7 Å². The fourth-order valence-corrected chi connectivity index (χ4v) is 2.74. The van der Waals surface area contributed by atoms with E-state index in [0.717, 1.165) is 32.0 Å². The number of benzene rings is 1. The first-order valence-corrected chi connectivity index (χ1v) is 7.70. The molecule has 0 spiro atoms. The van der Waals surface area contributed by atoms with Gasteiger partial charge in [0.05, 0.1) is 0 Å². The molecule has 4 heteroatoms. The molecule has 0 unspecified atom stereocenters. The van der Waals surface area contributed by atoms with Crippen LogP contribution in [0.5, 0.6) is 0 Å². The van der Waals surface area contributed by atoms with Crippen LogP contribution in [-0.2, 0) is 6.42 Å². The highest BCUT2D eigenvalue weighted by Gasteiger charge is 2.22. The monoisotopic (exact) mass is 282 g/mol. The number of aryl methyl sites for hydroxylation is 1. The molecule has 4 nitrogen and oxygen atoms in total. The van der Waals surface area contributed by atoms with Crippen molar-refractivity contribution in [2.24, 2.45) is 5.92 Å². The van der Waals surface area contributed by atoms with Gasteiger partial charge in [0.2, 0.25) is 5.95 Å². The number of hydrogen-bond acceptors (Lipinski definition) is 4. The smallest absolute Gasteiger partial charge is 0.222 e. The molecule has 1 fully saturated rings. The van der Waals surface area contributed by atoms with Crippen molar-refractivity contribution in [2.45, 2.75) is 19.8 Å². The number of rotatable bonds is 5. The third-order valence-electron chi connectivity index (χ3n) is 4.07. The molecular formula is C17H22N4. The number of para-hydroxylation sites is 1. The van der Waals surface area contributed by atoms with Crippen LogP contribution in [0.1, 0.15) is 18.9 Å². The minimum Gasteiger partial charge on any atom is -0.371 e. The van der Waals surface area contributed by atoms with Crippen LogP contribution in [0.3, 0.4) is 0 Å². The van der Waals surface area contributed by atoms with Gasteiger partial charge < -0.3 is 10.2 Å². The zero-order valence-corrected chi connectivity index (χ0v) is 12.5. The van der Waals surface area contributed by atoms with E-state index in [4.69, 9.17) is 0 Å². The summed E-state index contributed by atoms with van der Waals surface area (Å²) in [6.07, 6.45) is 6.00. The maximum Gasteiger partial charge on any atom is 0.222 e. The number of anilines is 2. The molecule has 1 aromatic carbocycles. The third kappa shape index (κ3) is 3.51.